The van der Waals surface area contributed by atoms with Crippen molar-refractivity contribution in [2.75, 3.05) is 5.32 Å². The van der Waals surface area contributed by atoms with Crippen LogP contribution >= 0.6 is 28.1 Å². The Bertz CT molecular complexity index is 910. The van der Waals surface area contributed by atoms with E-state index in [1.54, 1.807) is 25.1 Å². The van der Waals surface area contributed by atoms with Crippen LogP contribution in [-0.2, 0) is 4.79 Å². The lowest BCUT2D eigenvalue weighted by atomic mass is 9.94. The van der Waals surface area contributed by atoms with Crippen molar-refractivity contribution in [3.05, 3.63) is 69.3 Å². The van der Waals surface area contributed by atoms with Crippen molar-refractivity contribution in [1.82, 2.24) is 10.6 Å². The summed E-state index contributed by atoms with van der Waals surface area (Å²) in [6.45, 7) is 3.78. The Hall–Kier alpha value is -2.38. The first-order valence-corrected chi connectivity index (χ1v) is 9.20. The van der Waals surface area contributed by atoms with Crippen molar-refractivity contribution in [2.24, 2.45) is 0 Å². The minimum atomic E-state index is -0.563. The van der Waals surface area contributed by atoms with E-state index in [0.717, 1.165) is 10.0 Å². The molecule has 1 aliphatic heterocycles. The molecule has 1 aliphatic rings. The van der Waals surface area contributed by atoms with Crippen LogP contribution in [0.2, 0.25) is 0 Å². The molecule has 0 aliphatic carbocycles. The topological polar surface area (TPSA) is 73.4 Å². The number of thiocarbonyl (C=S) groups is 1. The molecule has 4 N–H and O–H groups in total. The zero-order valence-electron chi connectivity index (χ0n) is 14.3. The summed E-state index contributed by atoms with van der Waals surface area (Å²) in [6, 6.07) is 12.1. The second-order valence-corrected chi connectivity index (χ2v) is 7.42. The summed E-state index contributed by atoms with van der Waals surface area (Å²) in [4.78, 5) is 13.0. The molecular weight excluding hydrogens is 414 g/mol. The first kappa shape index (κ1) is 18.4. The normalized spacial score (nSPS) is 16.7. The van der Waals surface area contributed by atoms with Gasteiger partial charge in [0.2, 0.25) is 0 Å². The number of carbonyl (C=O) groups is 1. The molecule has 0 aromatic heterocycles. The minimum Gasteiger partial charge on any atom is -0.508 e. The predicted molar refractivity (Wildman–Crippen MR) is 110 cm³/mol. The number of rotatable bonds is 3. The van der Waals surface area contributed by atoms with Gasteiger partial charge in [-0.3, -0.25) is 4.79 Å². The molecule has 26 heavy (non-hydrogen) atoms. The summed E-state index contributed by atoms with van der Waals surface area (Å²) in [6.07, 6.45) is 0. The van der Waals surface area contributed by atoms with Gasteiger partial charge in [0.15, 0.2) is 5.11 Å². The molecule has 2 aromatic carbocycles. The highest BCUT2D eigenvalue weighted by Crippen LogP contribution is 2.34. The number of phenolic OH excluding ortho intramolecular Hbond substituents is 1. The summed E-state index contributed by atoms with van der Waals surface area (Å²) >= 11 is 8.64. The maximum absolute atomic E-state index is 13.0. The fraction of sp³-hybridized carbons (Fsp3) is 0.158. The predicted octanol–water partition coefficient (Wildman–Crippen LogP) is 3.89. The van der Waals surface area contributed by atoms with Gasteiger partial charge in [0.05, 0.1) is 11.6 Å². The first-order valence-electron chi connectivity index (χ1n) is 8.00. The molecule has 0 unspecified atom stereocenters. The number of carbonyl (C=O) groups excluding carboxylic acids is 1. The number of benzene rings is 2. The van der Waals surface area contributed by atoms with Crippen molar-refractivity contribution in [2.45, 2.75) is 19.9 Å². The van der Waals surface area contributed by atoms with E-state index in [-0.39, 0.29) is 11.7 Å². The molecular formula is C19H18BrN3O2S. The number of nitrogens with one attached hydrogen (secondary N) is 3. The molecule has 5 nitrogen and oxygen atoms in total. The van der Waals surface area contributed by atoms with Gasteiger partial charge in [-0.05, 0) is 56.4 Å². The van der Waals surface area contributed by atoms with Crippen LogP contribution in [0.15, 0.2) is 58.2 Å². The maximum Gasteiger partial charge on any atom is 0.255 e. The van der Waals surface area contributed by atoms with Gasteiger partial charge in [-0.2, -0.15) is 0 Å². The fourth-order valence-corrected chi connectivity index (χ4v) is 3.47. The SMILES string of the molecule is CC1=C(C(=O)Nc2ccc(C)cc2)[C@@H](c2cc(Br)ccc2O)NC(=S)N1. The van der Waals surface area contributed by atoms with Gasteiger partial charge in [0.1, 0.15) is 5.75 Å². The van der Waals surface area contributed by atoms with Crippen molar-refractivity contribution in [1.29, 1.82) is 0 Å². The van der Waals surface area contributed by atoms with Gasteiger partial charge in [0, 0.05) is 21.4 Å². The highest BCUT2D eigenvalue weighted by Gasteiger charge is 2.31. The molecule has 0 saturated heterocycles. The molecule has 7 heteroatoms. The van der Waals surface area contributed by atoms with Gasteiger partial charge in [0.25, 0.3) is 5.91 Å². The Morgan fingerprint density at radius 3 is 2.58 bits per heavy atom. The lowest BCUT2D eigenvalue weighted by Crippen LogP contribution is -2.45. The van der Waals surface area contributed by atoms with Crippen LogP contribution in [-0.4, -0.2) is 16.1 Å². The average molecular weight is 432 g/mol. The molecule has 3 rings (SSSR count). The summed E-state index contributed by atoms with van der Waals surface area (Å²) in [7, 11) is 0. The van der Waals surface area contributed by atoms with Gasteiger partial charge in [-0.15, -0.1) is 0 Å². The second-order valence-electron chi connectivity index (χ2n) is 6.09. The highest BCUT2D eigenvalue weighted by atomic mass is 79.9. The van der Waals surface area contributed by atoms with Crippen LogP contribution in [0.3, 0.4) is 0 Å². The zero-order chi connectivity index (χ0) is 18.8. The maximum atomic E-state index is 13.0. The Kier molecular flexibility index (Phi) is 5.29. The summed E-state index contributed by atoms with van der Waals surface area (Å²) in [5.41, 5.74) is 3.49. The quantitative estimate of drug-likeness (QED) is 0.554. The van der Waals surface area contributed by atoms with Crippen molar-refractivity contribution in [3.63, 3.8) is 0 Å². The van der Waals surface area contributed by atoms with Crippen LogP contribution in [0, 0.1) is 6.92 Å². The average Bonchev–Trinajstić information content (AvgIpc) is 2.58. The van der Waals surface area contributed by atoms with Crippen molar-refractivity contribution >= 4 is 44.9 Å². The molecule has 1 atom stereocenters. The standard InChI is InChI=1S/C19H18BrN3O2S/c1-10-3-6-13(7-4-10)22-18(25)16-11(2)21-19(26)23-17(16)14-9-12(20)5-8-15(14)24/h3-9,17,24H,1-2H3,(H,22,25)(H2,21,23,26)/t17-/m1/s1. The monoisotopic (exact) mass is 431 g/mol. The lowest BCUT2D eigenvalue weighted by molar-refractivity contribution is -0.113. The van der Waals surface area contributed by atoms with E-state index >= 15 is 0 Å². The number of aryl methyl sites for hydroxylation is 1. The van der Waals surface area contributed by atoms with Crippen molar-refractivity contribution in [3.8, 4) is 5.75 Å². The number of aromatic hydroxyl groups is 1. The molecule has 0 saturated carbocycles. The van der Waals surface area contributed by atoms with Crippen LogP contribution in [0.25, 0.3) is 0 Å². The van der Waals surface area contributed by atoms with E-state index in [1.807, 2.05) is 31.2 Å². The van der Waals surface area contributed by atoms with Crippen LogP contribution < -0.4 is 16.0 Å². The molecule has 0 fully saturated rings. The van der Waals surface area contributed by atoms with Crippen molar-refractivity contribution < 1.29 is 9.90 Å². The van der Waals surface area contributed by atoms with E-state index < -0.39 is 6.04 Å². The third kappa shape index (κ3) is 3.89. The third-order valence-corrected chi connectivity index (χ3v) is 4.84. The molecule has 0 radical (unpaired) electrons. The summed E-state index contributed by atoms with van der Waals surface area (Å²) in [5.74, 6) is -0.179. The van der Waals surface area contributed by atoms with E-state index in [2.05, 4.69) is 31.9 Å². The minimum absolute atomic E-state index is 0.0869. The molecule has 1 amide bonds. The molecule has 2 aromatic rings. The summed E-state index contributed by atoms with van der Waals surface area (Å²) in [5, 5.41) is 19.7. The van der Waals surface area contributed by atoms with E-state index in [4.69, 9.17) is 12.2 Å². The highest BCUT2D eigenvalue weighted by molar-refractivity contribution is 9.10. The largest absolute Gasteiger partial charge is 0.508 e. The van der Waals surface area contributed by atoms with Gasteiger partial charge >= 0.3 is 0 Å². The first-order chi connectivity index (χ1) is 12.3. The number of hydrogen-bond acceptors (Lipinski definition) is 3. The molecule has 1 heterocycles. The lowest BCUT2D eigenvalue weighted by Gasteiger charge is -2.30. The number of phenols is 1. The Morgan fingerprint density at radius 1 is 1.19 bits per heavy atom. The van der Waals surface area contributed by atoms with Crippen LogP contribution in [0.4, 0.5) is 5.69 Å². The number of allylic oxidation sites excluding steroid dienone is 1. The molecule has 134 valence electrons. The number of anilines is 1. The zero-order valence-corrected chi connectivity index (χ0v) is 16.7. The number of hydrogen-bond donors (Lipinski definition) is 4. The fourth-order valence-electron chi connectivity index (χ4n) is 2.82. The molecule has 0 spiro atoms. The number of halogens is 1. The molecule has 0 bridgehead atoms. The van der Waals surface area contributed by atoms with Gasteiger partial charge < -0.3 is 21.1 Å². The summed E-state index contributed by atoms with van der Waals surface area (Å²) < 4.78 is 0.799. The Labute approximate surface area is 165 Å². The van der Waals surface area contributed by atoms with E-state index in [1.165, 1.54) is 0 Å². The Balaban J connectivity index is 1.98. The Morgan fingerprint density at radius 2 is 1.88 bits per heavy atom. The van der Waals surface area contributed by atoms with Crippen LogP contribution in [0.5, 0.6) is 5.75 Å². The number of amides is 1. The smallest absolute Gasteiger partial charge is 0.255 e. The van der Waals surface area contributed by atoms with E-state index in [0.29, 0.717) is 27.6 Å². The third-order valence-electron chi connectivity index (χ3n) is 4.12. The second kappa shape index (κ2) is 7.47. The van der Waals surface area contributed by atoms with Gasteiger partial charge in [-0.1, -0.05) is 33.6 Å². The van der Waals surface area contributed by atoms with Gasteiger partial charge in [-0.25, -0.2) is 0 Å². The van der Waals surface area contributed by atoms with E-state index in [9.17, 15) is 9.90 Å². The van der Waals surface area contributed by atoms with Crippen LogP contribution in [0.1, 0.15) is 24.1 Å².